The smallest absolute Gasteiger partial charge is 0.311 e. The van der Waals surface area contributed by atoms with Crippen LogP contribution in [-0.4, -0.2) is 14.9 Å². The molecular formula is C14H12N4O2S. The Morgan fingerprint density at radius 1 is 1.38 bits per heavy atom. The molecule has 0 amide bonds. The average molecular weight is 300 g/mol. The Kier molecular flexibility index (Phi) is 3.49. The lowest BCUT2D eigenvalue weighted by molar-refractivity contribution is -0.384. The van der Waals surface area contributed by atoms with Crippen LogP contribution < -0.4 is 5.32 Å². The van der Waals surface area contributed by atoms with Gasteiger partial charge in [-0.15, -0.1) is 11.3 Å². The highest BCUT2D eigenvalue weighted by atomic mass is 32.1. The zero-order valence-corrected chi connectivity index (χ0v) is 12.1. The summed E-state index contributed by atoms with van der Waals surface area (Å²) >= 11 is 1.53. The van der Waals surface area contributed by atoms with Gasteiger partial charge >= 0.3 is 5.69 Å². The SMILES string of the molecule is Cc1csc(CNc2c([N+](=O)[O-])cnc3ccccc23)n1. The molecule has 7 heteroatoms. The van der Waals surface area contributed by atoms with E-state index in [0.717, 1.165) is 21.6 Å². The minimum Gasteiger partial charge on any atom is -0.372 e. The molecule has 3 rings (SSSR count). The summed E-state index contributed by atoms with van der Waals surface area (Å²) in [5, 5.41) is 17.9. The standard InChI is InChI=1S/C14H12N4O2S/c1-9-8-21-13(17-9)7-16-14-10-4-2-3-5-11(10)15-6-12(14)18(19)20/h2-6,8H,7H2,1H3,(H,15,16). The van der Waals surface area contributed by atoms with Gasteiger partial charge in [0.1, 0.15) is 16.9 Å². The van der Waals surface area contributed by atoms with Crippen LogP contribution in [0.15, 0.2) is 35.8 Å². The second-order valence-corrected chi connectivity index (χ2v) is 5.47. The molecule has 0 unspecified atom stereocenters. The van der Waals surface area contributed by atoms with Crippen molar-refractivity contribution in [3.63, 3.8) is 0 Å². The fourth-order valence-corrected chi connectivity index (χ4v) is 2.81. The number of pyridine rings is 1. The van der Waals surface area contributed by atoms with Crippen LogP contribution in [0.1, 0.15) is 10.7 Å². The van der Waals surface area contributed by atoms with Crippen LogP contribution in [0.2, 0.25) is 0 Å². The van der Waals surface area contributed by atoms with Crippen LogP contribution in [0.4, 0.5) is 11.4 Å². The van der Waals surface area contributed by atoms with E-state index in [2.05, 4.69) is 15.3 Å². The summed E-state index contributed by atoms with van der Waals surface area (Å²) in [5.74, 6) is 0. The van der Waals surface area contributed by atoms with Gasteiger partial charge in [0.15, 0.2) is 0 Å². The number of rotatable bonds is 4. The van der Waals surface area contributed by atoms with Gasteiger partial charge in [-0.2, -0.15) is 0 Å². The minimum absolute atomic E-state index is 0.0259. The molecule has 0 fully saturated rings. The van der Waals surface area contributed by atoms with Crippen molar-refractivity contribution in [3.8, 4) is 0 Å². The molecule has 3 aromatic rings. The number of benzene rings is 1. The number of thiazole rings is 1. The number of anilines is 1. The fourth-order valence-electron chi connectivity index (χ4n) is 2.10. The first-order valence-corrected chi connectivity index (χ1v) is 7.20. The molecule has 6 nitrogen and oxygen atoms in total. The number of hydrogen-bond donors (Lipinski definition) is 1. The Balaban J connectivity index is 2.01. The second-order valence-electron chi connectivity index (χ2n) is 4.53. The summed E-state index contributed by atoms with van der Waals surface area (Å²) in [4.78, 5) is 19.3. The van der Waals surface area contributed by atoms with Crippen LogP contribution in [0.3, 0.4) is 0 Å². The molecule has 21 heavy (non-hydrogen) atoms. The van der Waals surface area contributed by atoms with Crippen molar-refractivity contribution in [2.24, 2.45) is 0 Å². The molecule has 0 saturated heterocycles. The van der Waals surface area contributed by atoms with Gasteiger partial charge in [0.2, 0.25) is 0 Å². The largest absolute Gasteiger partial charge is 0.372 e. The number of aromatic nitrogens is 2. The number of aryl methyl sites for hydroxylation is 1. The van der Waals surface area contributed by atoms with E-state index in [1.165, 1.54) is 17.5 Å². The van der Waals surface area contributed by atoms with Crippen molar-refractivity contribution in [2.45, 2.75) is 13.5 Å². The summed E-state index contributed by atoms with van der Waals surface area (Å²) in [6.45, 7) is 2.37. The summed E-state index contributed by atoms with van der Waals surface area (Å²) in [7, 11) is 0. The van der Waals surface area contributed by atoms with Crippen molar-refractivity contribution < 1.29 is 4.92 Å². The van der Waals surface area contributed by atoms with Crippen molar-refractivity contribution >= 4 is 33.6 Å². The Labute approximate surface area is 124 Å². The molecule has 0 atom stereocenters. The lowest BCUT2D eigenvalue weighted by atomic mass is 10.1. The third-order valence-electron chi connectivity index (χ3n) is 3.04. The highest BCUT2D eigenvalue weighted by Crippen LogP contribution is 2.31. The van der Waals surface area contributed by atoms with E-state index < -0.39 is 4.92 Å². The van der Waals surface area contributed by atoms with Gasteiger partial charge < -0.3 is 5.32 Å². The van der Waals surface area contributed by atoms with Crippen molar-refractivity contribution in [1.29, 1.82) is 0 Å². The summed E-state index contributed by atoms with van der Waals surface area (Å²) in [6.07, 6.45) is 1.29. The number of nitrogens with zero attached hydrogens (tertiary/aromatic N) is 3. The maximum atomic E-state index is 11.2. The molecule has 0 aliphatic carbocycles. The van der Waals surface area contributed by atoms with E-state index in [4.69, 9.17) is 0 Å². The van der Waals surface area contributed by atoms with E-state index in [1.807, 2.05) is 36.6 Å². The Morgan fingerprint density at radius 3 is 2.90 bits per heavy atom. The van der Waals surface area contributed by atoms with E-state index in [0.29, 0.717) is 12.2 Å². The maximum absolute atomic E-state index is 11.2. The van der Waals surface area contributed by atoms with E-state index in [-0.39, 0.29) is 5.69 Å². The number of fused-ring (bicyclic) bond motifs is 1. The monoisotopic (exact) mass is 300 g/mol. The highest BCUT2D eigenvalue weighted by Gasteiger charge is 2.17. The molecule has 0 aliphatic rings. The van der Waals surface area contributed by atoms with Gasteiger partial charge in [0.25, 0.3) is 0 Å². The van der Waals surface area contributed by atoms with Crippen molar-refractivity contribution in [1.82, 2.24) is 9.97 Å². The lowest BCUT2D eigenvalue weighted by Gasteiger charge is -2.08. The van der Waals surface area contributed by atoms with Gasteiger partial charge in [-0.3, -0.25) is 10.1 Å². The van der Waals surface area contributed by atoms with Crippen LogP contribution >= 0.6 is 11.3 Å². The molecule has 2 aromatic heterocycles. The zero-order valence-electron chi connectivity index (χ0n) is 11.2. The molecule has 0 radical (unpaired) electrons. The van der Waals surface area contributed by atoms with Crippen molar-refractivity contribution in [2.75, 3.05) is 5.32 Å². The number of hydrogen-bond acceptors (Lipinski definition) is 6. The Bertz CT molecular complexity index is 816. The van der Waals surface area contributed by atoms with E-state index >= 15 is 0 Å². The molecular weight excluding hydrogens is 288 g/mol. The minimum atomic E-state index is -0.422. The summed E-state index contributed by atoms with van der Waals surface area (Å²) in [6, 6.07) is 7.35. The Hall–Kier alpha value is -2.54. The van der Waals surface area contributed by atoms with Gasteiger partial charge in [-0.25, -0.2) is 9.97 Å². The van der Waals surface area contributed by atoms with Gasteiger partial charge in [-0.1, -0.05) is 18.2 Å². The number of nitrogens with one attached hydrogen (secondary N) is 1. The number of nitro groups is 1. The van der Waals surface area contributed by atoms with Gasteiger partial charge in [0, 0.05) is 16.5 Å². The molecule has 0 aliphatic heterocycles. The van der Waals surface area contributed by atoms with Crippen LogP contribution in [0.5, 0.6) is 0 Å². The molecule has 1 N–H and O–H groups in total. The second kappa shape index (κ2) is 5.45. The van der Waals surface area contributed by atoms with Gasteiger partial charge in [0.05, 0.1) is 17.0 Å². The molecule has 0 spiro atoms. The summed E-state index contributed by atoms with van der Waals surface area (Å²) < 4.78 is 0. The molecule has 2 heterocycles. The average Bonchev–Trinajstić information content (AvgIpc) is 2.90. The quantitative estimate of drug-likeness (QED) is 0.589. The first-order chi connectivity index (χ1) is 10.1. The van der Waals surface area contributed by atoms with Crippen LogP contribution in [0.25, 0.3) is 10.9 Å². The number of para-hydroxylation sites is 1. The predicted octanol–water partition coefficient (Wildman–Crippen LogP) is 3.52. The summed E-state index contributed by atoms with van der Waals surface area (Å²) in [5.41, 5.74) is 2.13. The maximum Gasteiger partial charge on any atom is 0.311 e. The van der Waals surface area contributed by atoms with Crippen LogP contribution in [0, 0.1) is 17.0 Å². The first-order valence-electron chi connectivity index (χ1n) is 6.32. The highest BCUT2D eigenvalue weighted by molar-refractivity contribution is 7.09. The first kappa shape index (κ1) is 13.4. The van der Waals surface area contributed by atoms with Gasteiger partial charge in [-0.05, 0) is 13.0 Å². The molecule has 0 saturated carbocycles. The predicted molar refractivity (Wildman–Crippen MR) is 82.6 cm³/mol. The third-order valence-corrected chi connectivity index (χ3v) is 4.00. The zero-order chi connectivity index (χ0) is 14.8. The molecule has 1 aromatic carbocycles. The molecule has 106 valence electrons. The van der Waals surface area contributed by atoms with E-state index in [9.17, 15) is 10.1 Å². The third kappa shape index (κ3) is 2.68. The molecule has 0 bridgehead atoms. The topological polar surface area (TPSA) is 81.0 Å². The fraction of sp³-hybridized carbons (Fsp3) is 0.143. The van der Waals surface area contributed by atoms with E-state index in [1.54, 1.807) is 0 Å². The lowest BCUT2D eigenvalue weighted by Crippen LogP contribution is -2.04. The van der Waals surface area contributed by atoms with Crippen molar-refractivity contribution in [3.05, 3.63) is 56.7 Å². The normalized spacial score (nSPS) is 10.7. The van der Waals surface area contributed by atoms with Crippen LogP contribution in [-0.2, 0) is 6.54 Å². The Morgan fingerprint density at radius 2 is 2.19 bits per heavy atom.